The van der Waals surface area contributed by atoms with Crippen LogP contribution in [0.25, 0.3) is 11.0 Å². The van der Waals surface area contributed by atoms with Crippen molar-refractivity contribution in [3.05, 3.63) is 76.7 Å². The fourth-order valence-electron chi connectivity index (χ4n) is 3.34. The Kier molecular flexibility index (Phi) is 4.87. The number of fused-ring (bicyclic) bond motifs is 2. The van der Waals surface area contributed by atoms with E-state index in [-0.39, 0.29) is 11.5 Å². The number of ether oxygens (including phenoxy) is 1. The topological polar surface area (TPSA) is 88.8 Å². The quantitative estimate of drug-likeness (QED) is 0.529. The zero-order valence-corrected chi connectivity index (χ0v) is 16.6. The van der Waals surface area contributed by atoms with E-state index < -0.39 is 17.6 Å². The van der Waals surface area contributed by atoms with Crippen molar-refractivity contribution in [3.63, 3.8) is 0 Å². The Morgan fingerprint density at radius 1 is 1.17 bits per heavy atom. The molecule has 152 valence electrons. The molecule has 2 aromatic carbocycles. The van der Waals surface area contributed by atoms with Crippen LogP contribution >= 0.6 is 0 Å². The summed E-state index contributed by atoms with van der Waals surface area (Å²) in [5, 5.41) is 3.35. The van der Waals surface area contributed by atoms with Gasteiger partial charge in [-0.3, -0.25) is 9.59 Å². The van der Waals surface area contributed by atoms with Gasteiger partial charge in [-0.2, -0.15) is 0 Å². The number of amides is 2. The van der Waals surface area contributed by atoms with Gasteiger partial charge in [0.05, 0.1) is 5.69 Å². The lowest BCUT2D eigenvalue weighted by Gasteiger charge is -2.33. The third-order valence-corrected chi connectivity index (χ3v) is 4.74. The van der Waals surface area contributed by atoms with Crippen LogP contribution < -0.4 is 20.6 Å². The second kappa shape index (κ2) is 7.51. The summed E-state index contributed by atoms with van der Waals surface area (Å²) in [5.41, 5.74) is 1.35. The lowest BCUT2D eigenvalue weighted by atomic mass is 10.1. The molecule has 1 N–H and O–H groups in total. The molecule has 1 atom stereocenters. The fourth-order valence-corrected chi connectivity index (χ4v) is 3.34. The normalized spacial score (nSPS) is 15.5. The number of nitrogens with zero attached hydrogens (tertiary/aromatic N) is 1. The van der Waals surface area contributed by atoms with Crippen molar-refractivity contribution in [2.24, 2.45) is 0 Å². The highest BCUT2D eigenvalue weighted by atomic mass is 16.5. The molecule has 30 heavy (non-hydrogen) atoms. The predicted molar refractivity (Wildman–Crippen MR) is 114 cm³/mol. The van der Waals surface area contributed by atoms with Crippen molar-refractivity contribution < 1.29 is 18.7 Å². The van der Waals surface area contributed by atoms with E-state index in [4.69, 9.17) is 9.15 Å². The second-order valence-electron chi connectivity index (χ2n) is 7.26. The Bertz CT molecular complexity index is 1240. The Labute approximate surface area is 172 Å². The molecule has 0 spiro atoms. The van der Waals surface area contributed by atoms with E-state index in [0.717, 1.165) is 5.57 Å². The Balaban J connectivity index is 1.66. The molecule has 7 heteroatoms. The van der Waals surface area contributed by atoms with Crippen molar-refractivity contribution in [3.8, 4) is 5.75 Å². The minimum atomic E-state index is -0.722. The van der Waals surface area contributed by atoms with Gasteiger partial charge in [0.25, 0.3) is 11.8 Å². The van der Waals surface area contributed by atoms with E-state index in [1.54, 1.807) is 54.3 Å². The molecule has 4 rings (SSSR count). The number of anilines is 2. The number of carbonyl (C=O) groups excluding carboxylic acids is 2. The highest BCUT2D eigenvalue weighted by Gasteiger charge is 2.31. The molecule has 0 aliphatic carbocycles. The number of benzene rings is 2. The molecular formula is C23H20N2O5. The summed E-state index contributed by atoms with van der Waals surface area (Å²) in [6.07, 6.45) is -0.612. The lowest BCUT2D eigenvalue weighted by molar-refractivity contribution is -0.125. The number of hydrogen-bond acceptors (Lipinski definition) is 5. The number of rotatable bonds is 4. The van der Waals surface area contributed by atoms with Crippen molar-refractivity contribution in [2.45, 2.75) is 20.0 Å². The van der Waals surface area contributed by atoms with Crippen LogP contribution in [0.2, 0.25) is 0 Å². The molecule has 1 aromatic heterocycles. The van der Waals surface area contributed by atoms with Gasteiger partial charge >= 0.3 is 5.63 Å². The molecule has 2 heterocycles. The van der Waals surface area contributed by atoms with E-state index in [1.165, 1.54) is 6.07 Å². The van der Waals surface area contributed by atoms with Gasteiger partial charge in [-0.25, -0.2) is 4.79 Å². The molecular weight excluding hydrogens is 384 g/mol. The first-order valence-electron chi connectivity index (χ1n) is 9.44. The Morgan fingerprint density at radius 2 is 1.93 bits per heavy atom. The van der Waals surface area contributed by atoms with E-state index in [2.05, 4.69) is 11.9 Å². The summed E-state index contributed by atoms with van der Waals surface area (Å²) in [5.74, 6) is -0.256. The molecule has 1 aliphatic rings. The van der Waals surface area contributed by atoms with Crippen LogP contribution in [0.4, 0.5) is 11.4 Å². The fraction of sp³-hybridized carbons (Fsp3) is 0.174. The van der Waals surface area contributed by atoms with Gasteiger partial charge in [0.2, 0.25) is 0 Å². The van der Waals surface area contributed by atoms with Crippen LogP contribution in [0.15, 0.2) is 69.9 Å². The van der Waals surface area contributed by atoms with Gasteiger partial charge in [-0.1, -0.05) is 30.4 Å². The van der Waals surface area contributed by atoms with Gasteiger partial charge in [0, 0.05) is 17.6 Å². The summed E-state index contributed by atoms with van der Waals surface area (Å²) >= 11 is 0. The van der Waals surface area contributed by atoms with Crippen molar-refractivity contribution in [1.82, 2.24) is 0 Å². The van der Waals surface area contributed by atoms with Crippen molar-refractivity contribution in [2.75, 3.05) is 16.8 Å². The monoisotopic (exact) mass is 404 g/mol. The predicted octanol–water partition coefficient (Wildman–Crippen LogP) is 3.74. The largest absolute Gasteiger partial charge is 0.479 e. The minimum Gasteiger partial charge on any atom is -0.479 e. The van der Waals surface area contributed by atoms with Crippen LogP contribution in [0, 0.1) is 0 Å². The van der Waals surface area contributed by atoms with Crippen LogP contribution in [-0.4, -0.2) is 24.5 Å². The Hall–Kier alpha value is -3.87. The van der Waals surface area contributed by atoms with Crippen LogP contribution in [0.3, 0.4) is 0 Å². The minimum absolute atomic E-state index is 0.105. The highest BCUT2D eigenvalue weighted by molar-refractivity contribution is 6.06. The number of para-hydroxylation sites is 1. The first-order chi connectivity index (χ1) is 14.3. The summed E-state index contributed by atoms with van der Waals surface area (Å²) in [6.45, 7) is 7.73. The maximum atomic E-state index is 12.7. The van der Waals surface area contributed by atoms with E-state index in [1.807, 2.05) is 6.92 Å². The molecule has 2 amide bonds. The lowest BCUT2D eigenvalue weighted by Crippen LogP contribution is -2.45. The molecule has 0 fully saturated rings. The second-order valence-corrected chi connectivity index (χ2v) is 7.26. The first-order valence-corrected chi connectivity index (χ1v) is 9.44. The highest BCUT2D eigenvalue weighted by Crippen LogP contribution is 2.36. The van der Waals surface area contributed by atoms with E-state index in [0.29, 0.717) is 34.6 Å². The average molecular weight is 404 g/mol. The molecule has 3 aromatic rings. The molecule has 1 aliphatic heterocycles. The van der Waals surface area contributed by atoms with Gasteiger partial charge < -0.3 is 19.4 Å². The summed E-state index contributed by atoms with van der Waals surface area (Å²) in [6, 6.07) is 13.4. The summed E-state index contributed by atoms with van der Waals surface area (Å²) in [4.78, 5) is 39.1. The smallest absolute Gasteiger partial charge is 0.349 e. The standard InChI is InChI=1S/C23H20N2O5/c1-13(2)12-25-18-11-16(8-9-20(18)29-14(3)22(25)27)24-21(26)17-10-15-6-4-5-7-19(15)30-23(17)28/h4-11,14H,1,12H2,2-3H3,(H,24,26). The van der Waals surface area contributed by atoms with Gasteiger partial charge in [-0.05, 0) is 44.2 Å². The molecule has 0 saturated heterocycles. The maximum absolute atomic E-state index is 12.7. The van der Waals surface area contributed by atoms with Crippen molar-refractivity contribution >= 4 is 34.2 Å². The van der Waals surface area contributed by atoms with Crippen LogP contribution in [0.5, 0.6) is 5.75 Å². The third kappa shape index (κ3) is 3.57. The van der Waals surface area contributed by atoms with Gasteiger partial charge in [0.1, 0.15) is 16.9 Å². The van der Waals surface area contributed by atoms with E-state index in [9.17, 15) is 14.4 Å². The number of hydrogen-bond donors (Lipinski definition) is 1. The zero-order chi connectivity index (χ0) is 21.4. The van der Waals surface area contributed by atoms with Gasteiger partial charge in [-0.15, -0.1) is 0 Å². The maximum Gasteiger partial charge on any atom is 0.349 e. The zero-order valence-electron chi connectivity index (χ0n) is 16.6. The first kappa shape index (κ1) is 19.4. The van der Waals surface area contributed by atoms with E-state index >= 15 is 0 Å². The number of nitrogens with one attached hydrogen (secondary N) is 1. The molecule has 0 radical (unpaired) electrons. The average Bonchev–Trinajstić information content (AvgIpc) is 2.71. The molecule has 1 unspecified atom stereocenters. The van der Waals surface area contributed by atoms with Crippen molar-refractivity contribution in [1.29, 1.82) is 0 Å². The summed E-state index contributed by atoms with van der Waals surface area (Å²) < 4.78 is 10.9. The summed E-state index contributed by atoms with van der Waals surface area (Å²) in [7, 11) is 0. The van der Waals surface area contributed by atoms with Crippen LogP contribution in [-0.2, 0) is 4.79 Å². The van der Waals surface area contributed by atoms with Gasteiger partial charge in [0.15, 0.2) is 6.10 Å². The number of carbonyl (C=O) groups is 2. The molecule has 0 saturated carbocycles. The van der Waals surface area contributed by atoms with Crippen LogP contribution in [0.1, 0.15) is 24.2 Å². The Morgan fingerprint density at radius 3 is 2.70 bits per heavy atom. The molecule has 0 bridgehead atoms. The third-order valence-electron chi connectivity index (χ3n) is 4.74. The SMILES string of the molecule is C=C(C)CN1C(=O)C(C)Oc2ccc(NC(=O)c3cc4ccccc4oc3=O)cc21. The molecule has 7 nitrogen and oxygen atoms in total.